The van der Waals surface area contributed by atoms with E-state index in [4.69, 9.17) is 29.6 Å². The Labute approximate surface area is 149 Å². The molecule has 0 radical (unpaired) electrons. The molecular formula is C15H20N4O7-2. The maximum atomic E-state index is 11.3. The number of benzene rings is 1. The van der Waals surface area contributed by atoms with Crippen molar-refractivity contribution in [3.05, 3.63) is 29.8 Å². The lowest BCUT2D eigenvalue weighted by Gasteiger charge is -2.04. The van der Waals surface area contributed by atoms with Crippen LogP contribution in [-0.4, -0.2) is 62.6 Å². The van der Waals surface area contributed by atoms with Crippen LogP contribution in [0.5, 0.6) is 5.75 Å². The molecule has 1 rings (SSSR count). The average Bonchev–Trinajstić information content (AvgIpc) is 2.62. The molecule has 0 bridgehead atoms. The molecule has 0 aliphatic rings. The number of aliphatic hydroxyl groups is 1. The number of carbonyl (C=O) groups excluding carboxylic acids is 3. The lowest BCUT2D eigenvalue weighted by Crippen LogP contribution is -2.42. The molecule has 0 heterocycles. The first kappa shape index (κ1) is 22.8. The molecule has 0 aromatic heterocycles. The van der Waals surface area contributed by atoms with E-state index in [-0.39, 0.29) is 12.6 Å². The van der Waals surface area contributed by atoms with E-state index in [0.29, 0.717) is 19.6 Å². The molecule has 11 nitrogen and oxygen atoms in total. The summed E-state index contributed by atoms with van der Waals surface area (Å²) in [6.45, 7) is 1.65. The van der Waals surface area contributed by atoms with Crippen molar-refractivity contribution in [3.63, 3.8) is 0 Å². The van der Waals surface area contributed by atoms with Crippen LogP contribution in [0.4, 0.5) is 4.79 Å². The minimum absolute atomic E-state index is 0.0817. The number of carboxylic acid groups (broad SMARTS) is 2. The zero-order valence-corrected chi connectivity index (χ0v) is 14.1. The number of aliphatic hydroxyl groups excluding tert-OH is 1. The summed E-state index contributed by atoms with van der Waals surface area (Å²) in [5, 5.41) is 35.8. The van der Waals surface area contributed by atoms with E-state index < -0.39 is 11.9 Å². The quantitative estimate of drug-likeness (QED) is 0.157. The van der Waals surface area contributed by atoms with Crippen molar-refractivity contribution in [2.75, 3.05) is 33.4 Å². The van der Waals surface area contributed by atoms with Crippen LogP contribution in [0.1, 0.15) is 5.56 Å². The van der Waals surface area contributed by atoms with Crippen molar-refractivity contribution >= 4 is 24.2 Å². The van der Waals surface area contributed by atoms with E-state index in [2.05, 4.69) is 21.2 Å². The Kier molecular flexibility index (Phi) is 12.5. The SMILES string of the molecule is COc1ccc(/C=N/NC(=O)NCCNCCO)cc1.O=C([O-])C(=O)[O-]. The zero-order chi connectivity index (χ0) is 19.8. The van der Waals surface area contributed by atoms with Crippen LogP contribution in [0.3, 0.4) is 0 Å². The molecule has 11 heteroatoms. The second-order valence-electron chi connectivity index (χ2n) is 4.45. The number of nitrogens with zero attached hydrogens (tertiary/aromatic N) is 1. The van der Waals surface area contributed by atoms with Crippen LogP contribution >= 0.6 is 0 Å². The number of carboxylic acids is 2. The molecule has 26 heavy (non-hydrogen) atoms. The van der Waals surface area contributed by atoms with Gasteiger partial charge in [-0.15, -0.1) is 0 Å². The number of ether oxygens (including phenoxy) is 1. The van der Waals surface area contributed by atoms with E-state index in [1.165, 1.54) is 0 Å². The summed E-state index contributed by atoms with van der Waals surface area (Å²) in [6.07, 6.45) is 1.54. The van der Waals surface area contributed by atoms with E-state index in [9.17, 15) is 4.79 Å². The minimum atomic E-state index is -2.19. The molecule has 144 valence electrons. The van der Waals surface area contributed by atoms with Crippen molar-refractivity contribution in [2.24, 2.45) is 5.10 Å². The Morgan fingerprint density at radius 2 is 1.73 bits per heavy atom. The summed E-state index contributed by atoms with van der Waals surface area (Å²) >= 11 is 0. The van der Waals surface area contributed by atoms with Gasteiger partial charge in [0.15, 0.2) is 0 Å². The lowest BCUT2D eigenvalue weighted by atomic mass is 10.2. The van der Waals surface area contributed by atoms with Crippen LogP contribution < -0.4 is 31.0 Å². The van der Waals surface area contributed by atoms with E-state index in [1.54, 1.807) is 13.3 Å². The topological polar surface area (TPSA) is 175 Å². The predicted octanol–water partition coefficient (Wildman–Crippen LogP) is -3.60. The van der Waals surface area contributed by atoms with Crippen LogP contribution in [0, 0.1) is 0 Å². The van der Waals surface area contributed by atoms with Crippen LogP contribution in [0.2, 0.25) is 0 Å². The monoisotopic (exact) mass is 368 g/mol. The number of rotatable bonds is 8. The predicted molar refractivity (Wildman–Crippen MR) is 87.1 cm³/mol. The fourth-order valence-electron chi connectivity index (χ4n) is 1.36. The number of hydrogen-bond acceptors (Lipinski definition) is 9. The van der Waals surface area contributed by atoms with E-state index in [1.807, 2.05) is 24.3 Å². The fraction of sp³-hybridized carbons (Fsp3) is 0.333. The van der Waals surface area contributed by atoms with Gasteiger partial charge in [0.25, 0.3) is 0 Å². The Bertz CT molecular complexity index is 578. The highest BCUT2D eigenvalue weighted by Gasteiger charge is 1.96. The molecule has 4 N–H and O–H groups in total. The van der Waals surface area contributed by atoms with Gasteiger partial charge in [-0.2, -0.15) is 5.10 Å². The molecule has 0 aliphatic carbocycles. The number of hydrogen-bond donors (Lipinski definition) is 4. The first-order valence-corrected chi connectivity index (χ1v) is 7.35. The third-order valence-electron chi connectivity index (χ3n) is 2.54. The molecule has 0 saturated heterocycles. The van der Waals surface area contributed by atoms with Crippen LogP contribution in [0.25, 0.3) is 0 Å². The van der Waals surface area contributed by atoms with E-state index >= 15 is 0 Å². The van der Waals surface area contributed by atoms with Crippen molar-refractivity contribution in [1.29, 1.82) is 0 Å². The molecule has 0 atom stereocenters. The standard InChI is InChI=1S/C13H20N4O3.C2H2O4/c1-20-12-4-2-11(3-5-12)10-16-17-13(19)15-7-6-14-8-9-18;3-1(4)2(5)6/h2-5,10,14,18H,6-9H2,1H3,(H2,15,17,19);(H,3,4)(H,5,6)/p-2/b16-10+;. The maximum absolute atomic E-state index is 11.3. The lowest BCUT2D eigenvalue weighted by molar-refractivity contribution is -0.345. The Morgan fingerprint density at radius 3 is 2.23 bits per heavy atom. The Balaban J connectivity index is 0.000000896. The molecular weight excluding hydrogens is 348 g/mol. The summed E-state index contributed by atoms with van der Waals surface area (Å²) < 4.78 is 5.04. The van der Waals surface area contributed by atoms with Gasteiger partial charge in [-0.05, 0) is 29.8 Å². The molecule has 0 saturated carbocycles. The highest BCUT2D eigenvalue weighted by Crippen LogP contribution is 2.09. The van der Waals surface area contributed by atoms with Gasteiger partial charge >= 0.3 is 6.03 Å². The Morgan fingerprint density at radius 1 is 1.12 bits per heavy atom. The van der Waals surface area contributed by atoms with Gasteiger partial charge in [0.2, 0.25) is 0 Å². The van der Waals surface area contributed by atoms with E-state index in [0.717, 1.165) is 11.3 Å². The molecule has 2 amide bonds. The van der Waals surface area contributed by atoms with Crippen molar-refractivity contribution in [3.8, 4) is 5.75 Å². The fourth-order valence-corrected chi connectivity index (χ4v) is 1.36. The Hall–Kier alpha value is -3.18. The number of aliphatic carboxylic acids is 2. The van der Waals surface area contributed by atoms with Gasteiger partial charge < -0.3 is 40.3 Å². The largest absolute Gasteiger partial charge is 0.543 e. The molecule has 1 aromatic carbocycles. The zero-order valence-electron chi connectivity index (χ0n) is 14.1. The highest BCUT2D eigenvalue weighted by molar-refractivity contribution is 6.25. The second-order valence-corrected chi connectivity index (χ2v) is 4.45. The van der Waals surface area contributed by atoms with Crippen molar-refractivity contribution in [2.45, 2.75) is 0 Å². The smallest absolute Gasteiger partial charge is 0.335 e. The number of carbonyl (C=O) groups is 3. The first-order chi connectivity index (χ1) is 12.4. The summed E-state index contributed by atoms with van der Waals surface area (Å²) in [5.41, 5.74) is 3.22. The van der Waals surface area contributed by atoms with Gasteiger partial charge in [0.1, 0.15) is 5.75 Å². The number of hydrazone groups is 1. The highest BCUT2D eigenvalue weighted by atomic mass is 16.5. The summed E-state index contributed by atoms with van der Waals surface area (Å²) in [7, 11) is 1.60. The summed E-state index contributed by atoms with van der Waals surface area (Å²) in [4.78, 5) is 29.2. The van der Waals surface area contributed by atoms with Crippen LogP contribution in [-0.2, 0) is 9.59 Å². The summed E-state index contributed by atoms with van der Waals surface area (Å²) in [6, 6.07) is 6.92. The van der Waals surface area contributed by atoms with Gasteiger partial charge in [0.05, 0.1) is 31.9 Å². The minimum Gasteiger partial charge on any atom is -0.543 e. The van der Waals surface area contributed by atoms with Gasteiger partial charge in [-0.25, -0.2) is 10.2 Å². The average molecular weight is 368 g/mol. The molecule has 0 spiro atoms. The number of nitrogens with one attached hydrogen (secondary N) is 3. The molecule has 0 fully saturated rings. The third-order valence-corrected chi connectivity index (χ3v) is 2.54. The van der Waals surface area contributed by atoms with Gasteiger partial charge in [-0.3, -0.25) is 0 Å². The maximum Gasteiger partial charge on any atom is 0.335 e. The molecule has 0 aliphatic heterocycles. The first-order valence-electron chi connectivity index (χ1n) is 7.35. The van der Waals surface area contributed by atoms with Gasteiger partial charge in [-0.1, -0.05) is 0 Å². The second kappa shape index (κ2) is 14.2. The number of urea groups is 1. The van der Waals surface area contributed by atoms with Crippen molar-refractivity contribution in [1.82, 2.24) is 16.1 Å². The van der Waals surface area contributed by atoms with Crippen molar-refractivity contribution < 1.29 is 34.4 Å². The summed E-state index contributed by atoms with van der Waals surface area (Å²) in [5.74, 6) is -3.60. The number of methoxy groups -OCH3 is 1. The molecule has 0 unspecified atom stereocenters. The normalized spacial score (nSPS) is 9.77. The molecule has 1 aromatic rings. The van der Waals surface area contributed by atoms with Gasteiger partial charge in [0, 0.05) is 19.6 Å². The van der Waals surface area contributed by atoms with Crippen LogP contribution in [0.15, 0.2) is 29.4 Å². The number of amides is 2. The third kappa shape index (κ3) is 12.3.